The number of rotatable bonds is 4. The van der Waals surface area contributed by atoms with E-state index in [2.05, 4.69) is 10.6 Å². The molecule has 0 spiro atoms. The van der Waals surface area contributed by atoms with E-state index in [0.29, 0.717) is 28.4 Å². The predicted molar refractivity (Wildman–Crippen MR) is 120 cm³/mol. The van der Waals surface area contributed by atoms with E-state index in [1.165, 1.54) is 7.11 Å². The standard InChI is InChI=1S/C23H25N3O9/c1-34-16-6-5-12-8-14(24)20(28)26-18(19(27)23(32)33)21(29)25-15(22(30)31)9-11-3-2-4-13(7-11)35-17(16)10-12/h2-7,10,14-15,18-19,27H,8-9,24H2,1H3,(H,25,29)(H,26,28)(H,30,31)(H,32,33)/t14-,15-,18-,19?/m0/s1. The molecule has 1 aliphatic heterocycles. The van der Waals surface area contributed by atoms with Crippen molar-refractivity contribution in [2.75, 3.05) is 7.11 Å². The minimum Gasteiger partial charge on any atom is -0.493 e. The Kier molecular flexibility index (Phi) is 7.89. The highest BCUT2D eigenvalue weighted by atomic mass is 16.5. The Bertz CT molecular complexity index is 1140. The molecular formula is C23H25N3O9. The van der Waals surface area contributed by atoms with Gasteiger partial charge in [0, 0.05) is 6.42 Å². The molecular weight excluding hydrogens is 462 g/mol. The van der Waals surface area contributed by atoms with Crippen LogP contribution in [0.4, 0.5) is 0 Å². The highest BCUT2D eigenvalue weighted by Gasteiger charge is 2.36. The third-order valence-electron chi connectivity index (χ3n) is 5.35. The second kappa shape index (κ2) is 10.8. The average molecular weight is 487 g/mol. The van der Waals surface area contributed by atoms with Crippen LogP contribution >= 0.6 is 0 Å². The number of carboxylic acids is 2. The summed E-state index contributed by atoms with van der Waals surface area (Å²) in [7, 11) is 1.46. The number of aliphatic carboxylic acids is 2. The van der Waals surface area contributed by atoms with Gasteiger partial charge >= 0.3 is 11.9 Å². The molecule has 35 heavy (non-hydrogen) atoms. The predicted octanol–water partition coefficient (Wildman–Crippen LogP) is -0.587. The van der Waals surface area contributed by atoms with Crippen LogP contribution in [0.1, 0.15) is 11.1 Å². The van der Waals surface area contributed by atoms with E-state index in [0.717, 1.165) is 0 Å². The van der Waals surface area contributed by atoms with Crippen molar-refractivity contribution in [1.82, 2.24) is 10.6 Å². The van der Waals surface area contributed by atoms with Crippen LogP contribution in [0.5, 0.6) is 17.2 Å². The fourth-order valence-corrected chi connectivity index (χ4v) is 3.53. The molecule has 12 nitrogen and oxygen atoms in total. The molecule has 1 unspecified atom stereocenters. The first-order valence-corrected chi connectivity index (χ1v) is 10.5. The highest BCUT2D eigenvalue weighted by Crippen LogP contribution is 2.33. The third kappa shape index (κ3) is 6.25. The first-order valence-electron chi connectivity index (χ1n) is 10.5. The molecule has 186 valence electrons. The van der Waals surface area contributed by atoms with E-state index in [-0.39, 0.29) is 12.8 Å². The summed E-state index contributed by atoms with van der Waals surface area (Å²) >= 11 is 0. The second-order valence-electron chi connectivity index (χ2n) is 7.92. The Morgan fingerprint density at radius 1 is 1.06 bits per heavy atom. The van der Waals surface area contributed by atoms with Crippen molar-refractivity contribution in [3.63, 3.8) is 0 Å². The van der Waals surface area contributed by atoms with Crippen molar-refractivity contribution < 1.29 is 44.0 Å². The van der Waals surface area contributed by atoms with Crippen molar-refractivity contribution in [3.05, 3.63) is 53.6 Å². The van der Waals surface area contributed by atoms with Crippen LogP contribution in [0.2, 0.25) is 0 Å². The minimum absolute atomic E-state index is 0.0263. The smallest absolute Gasteiger partial charge is 0.335 e. The normalized spacial score (nSPS) is 21.6. The van der Waals surface area contributed by atoms with Gasteiger partial charge in [-0.25, -0.2) is 9.59 Å². The zero-order valence-corrected chi connectivity index (χ0v) is 18.6. The van der Waals surface area contributed by atoms with E-state index in [1.807, 2.05) is 0 Å². The number of nitrogens with two attached hydrogens (primary N) is 1. The van der Waals surface area contributed by atoms with Crippen LogP contribution in [0.25, 0.3) is 0 Å². The molecule has 4 bridgehead atoms. The van der Waals surface area contributed by atoms with Gasteiger partial charge in [0.05, 0.1) is 13.2 Å². The summed E-state index contributed by atoms with van der Waals surface area (Å²) in [5.41, 5.74) is 7.03. The van der Waals surface area contributed by atoms with Crippen LogP contribution in [-0.4, -0.2) is 70.4 Å². The monoisotopic (exact) mass is 487 g/mol. The molecule has 0 aromatic heterocycles. The van der Waals surface area contributed by atoms with E-state index < -0.39 is 48.0 Å². The topological polar surface area (TPSA) is 198 Å². The number of aliphatic hydroxyl groups excluding tert-OH is 1. The molecule has 2 amide bonds. The van der Waals surface area contributed by atoms with Crippen molar-refractivity contribution in [3.8, 4) is 17.2 Å². The minimum atomic E-state index is -2.34. The van der Waals surface area contributed by atoms with Crippen LogP contribution in [0, 0.1) is 0 Å². The van der Waals surface area contributed by atoms with Crippen molar-refractivity contribution in [1.29, 1.82) is 0 Å². The second-order valence-corrected chi connectivity index (χ2v) is 7.92. The fourth-order valence-electron chi connectivity index (χ4n) is 3.53. The molecule has 12 heteroatoms. The third-order valence-corrected chi connectivity index (χ3v) is 5.35. The van der Waals surface area contributed by atoms with E-state index in [4.69, 9.17) is 15.2 Å². The lowest BCUT2D eigenvalue weighted by atomic mass is 10.0. The molecule has 4 atom stereocenters. The first-order chi connectivity index (χ1) is 16.6. The highest BCUT2D eigenvalue weighted by molar-refractivity contribution is 5.95. The summed E-state index contributed by atoms with van der Waals surface area (Å²) in [6.07, 6.45) is -2.57. The number of hydrogen-bond donors (Lipinski definition) is 6. The molecule has 0 saturated carbocycles. The fraction of sp³-hybridized carbons (Fsp3) is 0.304. The Labute approximate surface area is 199 Å². The summed E-state index contributed by atoms with van der Waals surface area (Å²) in [5.74, 6) is -4.23. The zero-order valence-electron chi connectivity index (χ0n) is 18.6. The van der Waals surface area contributed by atoms with Gasteiger partial charge in [-0.05, 0) is 41.8 Å². The maximum absolute atomic E-state index is 12.8. The summed E-state index contributed by atoms with van der Waals surface area (Å²) in [5, 5.41) is 33.1. The maximum Gasteiger partial charge on any atom is 0.335 e. The number of hydrogen-bond acceptors (Lipinski definition) is 8. The number of carboxylic acid groups (broad SMARTS) is 2. The van der Waals surface area contributed by atoms with Crippen LogP contribution < -0.4 is 25.8 Å². The Morgan fingerprint density at radius 3 is 2.43 bits per heavy atom. The van der Waals surface area contributed by atoms with Gasteiger partial charge in [0.1, 0.15) is 17.8 Å². The van der Waals surface area contributed by atoms with Gasteiger partial charge in [-0.2, -0.15) is 0 Å². The number of fused-ring (bicyclic) bond motifs is 4. The molecule has 1 aliphatic rings. The number of aliphatic hydroxyl groups is 1. The van der Waals surface area contributed by atoms with E-state index >= 15 is 0 Å². The van der Waals surface area contributed by atoms with Gasteiger partial charge in [-0.1, -0.05) is 18.2 Å². The number of benzene rings is 2. The molecule has 0 radical (unpaired) electrons. The maximum atomic E-state index is 12.8. The number of methoxy groups -OCH3 is 1. The molecule has 2 aromatic carbocycles. The number of carbonyl (C=O) groups is 4. The van der Waals surface area contributed by atoms with Crippen LogP contribution in [-0.2, 0) is 32.0 Å². The summed E-state index contributed by atoms with van der Waals surface area (Å²) in [6, 6.07) is 6.65. The lowest BCUT2D eigenvalue weighted by molar-refractivity contribution is -0.152. The SMILES string of the molecule is COc1ccc2cc1Oc1cccc(c1)C[C@@H](C(=O)O)NC(=O)[C@H](C(O)C(=O)O)NC(=O)[C@@H](N)C2. The van der Waals surface area contributed by atoms with Gasteiger partial charge in [0.15, 0.2) is 17.6 Å². The van der Waals surface area contributed by atoms with Crippen molar-refractivity contribution in [2.45, 2.75) is 37.1 Å². The molecule has 0 fully saturated rings. The summed E-state index contributed by atoms with van der Waals surface area (Å²) in [4.78, 5) is 48.6. The molecule has 1 heterocycles. The first kappa shape index (κ1) is 25.5. The summed E-state index contributed by atoms with van der Waals surface area (Å²) in [6.45, 7) is 0. The lowest BCUT2D eigenvalue weighted by Gasteiger charge is -2.25. The molecule has 0 aliphatic carbocycles. The zero-order chi connectivity index (χ0) is 25.7. The van der Waals surface area contributed by atoms with Gasteiger partial charge in [-0.3, -0.25) is 9.59 Å². The number of carbonyl (C=O) groups excluding carboxylic acids is 2. The summed E-state index contributed by atoms with van der Waals surface area (Å²) < 4.78 is 11.3. The largest absolute Gasteiger partial charge is 0.493 e. The lowest BCUT2D eigenvalue weighted by Crippen LogP contribution is -2.60. The van der Waals surface area contributed by atoms with Crippen molar-refractivity contribution in [2.24, 2.45) is 5.73 Å². The number of ether oxygens (including phenoxy) is 2. The Hall–Kier alpha value is -4.16. The van der Waals surface area contributed by atoms with E-state index in [1.54, 1.807) is 42.5 Å². The Balaban J connectivity index is 2.06. The Morgan fingerprint density at radius 2 is 1.77 bits per heavy atom. The van der Waals surface area contributed by atoms with Gasteiger partial charge in [0.2, 0.25) is 11.8 Å². The van der Waals surface area contributed by atoms with Crippen molar-refractivity contribution >= 4 is 23.8 Å². The quantitative estimate of drug-likeness (QED) is 0.324. The number of nitrogens with one attached hydrogen (secondary N) is 2. The van der Waals surface area contributed by atoms with Crippen LogP contribution in [0.15, 0.2) is 42.5 Å². The molecule has 2 aromatic rings. The average Bonchev–Trinajstić information content (AvgIpc) is 2.81. The van der Waals surface area contributed by atoms with Crippen LogP contribution in [0.3, 0.4) is 0 Å². The molecule has 3 rings (SSSR count). The molecule has 0 saturated heterocycles. The van der Waals surface area contributed by atoms with Gasteiger partial charge < -0.3 is 41.2 Å². The van der Waals surface area contributed by atoms with Gasteiger partial charge in [-0.15, -0.1) is 0 Å². The van der Waals surface area contributed by atoms with Gasteiger partial charge in [0.25, 0.3) is 0 Å². The number of amides is 2. The molecule has 7 N–H and O–H groups in total. The van der Waals surface area contributed by atoms with E-state index in [9.17, 15) is 34.5 Å².